The van der Waals surface area contributed by atoms with Crippen molar-refractivity contribution in [2.24, 2.45) is 0 Å². The monoisotopic (exact) mass is 472 g/mol. The molecule has 0 atom stereocenters. The molecule has 0 saturated heterocycles. The maximum atomic E-state index is 2.34. The van der Waals surface area contributed by atoms with Crippen LogP contribution in [0.4, 0.5) is 0 Å². The van der Waals surface area contributed by atoms with E-state index < -0.39 is 8.07 Å². The Morgan fingerprint density at radius 1 is 0.469 bits per heavy atom. The Morgan fingerprint density at radius 2 is 0.719 bits per heavy atom. The molecule has 0 fully saturated rings. The number of benzene rings is 3. The molecule has 0 unspecified atom stereocenters. The van der Waals surface area contributed by atoms with Gasteiger partial charge in [-0.15, -0.1) is 5.19 Å². The molecule has 0 aliphatic carbocycles. The molecule has 0 radical (unpaired) electrons. The molecule has 0 amide bonds. The fraction of sp³-hybridized carbons (Fsp3) is 0.133. The van der Waals surface area contributed by atoms with E-state index in [-0.39, 0.29) is 44.0 Å². The molecule has 0 heterocycles. The summed E-state index contributed by atoms with van der Waals surface area (Å²) in [6.45, 7) is 9.20. The van der Waals surface area contributed by atoms with E-state index in [9.17, 15) is 0 Å². The first-order valence-corrected chi connectivity index (χ1v) is 12.0. The summed E-state index contributed by atoms with van der Waals surface area (Å²) in [6.07, 6.45) is 0. The first kappa shape index (κ1) is 29.9. The number of hydrogen-bond acceptors (Lipinski definition) is 0. The molecular weight excluding hydrogens is 436 g/mol. The summed E-state index contributed by atoms with van der Waals surface area (Å²) in [5, 5.41) is 5.90. The van der Waals surface area contributed by atoms with E-state index in [0.717, 1.165) is 0 Å². The molecule has 0 aliphatic heterocycles. The number of rotatable bonds is 4. The van der Waals surface area contributed by atoms with Gasteiger partial charge in [0.15, 0.2) is 0 Å². The molecule has 0 spiro atoms. The molecule has 32 heavy (non-hydrogen) atoms. The second-order valence-corrected chi connectivity index (χ2v) is 11.5. The zero-order valence-corrected chi connectivity index (χ0v) is 23.2. The summed E-state index contributed by atoms with van der Waals surface area (Å²) < 4.78 is 0. The molecule has 0 aliphatic rings. The second-order valence-electron chi connectivity index (χ2n) is 7.72. The van der Waals surface area contributed by atoms with Crippen LogP contribution in [-0.4, -0.2) is 8.07 Å². The molecule has 0 aromatic heterocycles. The number of hydrogen-bond donors (Lipinski definition) is 0. The molecule has 4 aromatic carbocycles. The zero-order chi connectivity index (χ0) is 19.7. The van der Waals surface area contributed by atoms with Crippen molar-refractivity contribution < 1.29 is 21.7 Å². The van der Waals surface area contributed by atoms with Gasteiger partial charge in [-0.3, -0.25) is 0 Å². The Morgan fingerprint density at radius 3 is 0.969 bits per heavy atom. The van der Waals surface area contributed by atoms with E-state index in [1.807, 2.05) is 0 Å². The minimum Gasteiger partial charge on any atom is -0.358 e. The van der Waals surface area contributed by atoms with Crippen molar-refractivity contribution >= 4 is 28.8 Å². The molecule has 0 bridgehead atoms. The molecule has 2 heteroatoms. The van der Waals surface area contributed by atoms with Gasteiger partial charge in [0.2, 0.25) is 0 Å². The van der Waals surface area contributed by atoms with Crippen LogP contribution >= 0.6 is 0 Å². The largest absolute Gasteiger partial charge is 4.00 e. The van der Waals surface area contributed by atoms with Crippen LogP contribution in [-0.2, 0) is 21.7 Å². The van der Waals surface area contributed by atoms with Crippen LogP contribution < -0.4 is 20.7 Å². The third-order valence-electron chi connectivity index (χ3n) is 6.43. The van der Waals surface area contributed by atoms with Gasteiger partial charge in [-0.2, -0.15) is 22.3 Å². The van der Waals surface area contributed by atoms with Crippen LogP contribution in [0.3, 0.4) is 0 Å². The van der Waals surface area contributed by atoms with Gasteiger partial charge in [-0.1, -0.05) is 134 Å². The van der Waals surface area contributed by atoms with Crippen LogP contribution in [0.15, 0.2) is 91.0 Å². The first-order valence-electron chi connectivity index (χ1n) is 9.98. The maximum absolute atomic E-state index is 2.40. The summed E-state index contributed by atoms with van der Waals surface area (Å²) in [7, 11) is -2.40. The van der Waals surface area contributed by atoms with Crippen LogP contribution in [0.2, 0.25) is 0 Å². The molecule has 0 nitrogen and oxygen atoms in total. The van der Waals surface area contributed by atoms with Crippen molar-refractivity contribution in [2.75, 3.05) is 0 Å². The van der Waals surface area contributed by atoms with Crippen molar-refractivity contribution in [2.45, 2.75) is 27.7 Å². The molecular formula is C30H36SiTi. The molecule has 4 aromatic rings. The first-order chi connectivity index (χ1) is 13.6. The average molecular weight is 473 g/mol. The van der Waals surface area contributed by atoms with E-state index in [0.29, 0.717) is 0 Å². The summed E-state index contributed by atoms with van der Waals surface area (Å²) in [5.74, 6) is 0. The Balaban J connectivity index is 0.00000240. The van der Waals surface area contributed by atoms with Crippen LogP contribution in [0.5, 0.6) is 0 Å². The van der Waals surface area contributed by atoms with E-state index in [1.54, 1.807) is 5.19 Å². The quantitative estimate of drug-likeness (QED) is 0.213. The van der Waals surface area contributed by atoms with E-state index in [1.165, 1.54) is 37.8 Å². The minimum atomic E-state index is -2.40. The summed E-state index contributed by atoms with van der Waals surface area (Å²) in [4.78, 5) is 0. The summed E-state index contributed by atoms with van der Waals surface area (Å²) in [5.41, 5.74) is 5.79. The van der Waals surface area contributed by atoms with Crippen molar-refractivity contribution in [3.63, 3.8) is 0 Å². The van der Waals surface area contributed by atoms with Crippen LogP contribution in [0.1, 0.15) is 22.3 Å². The standard InChI is InChI=1S/C27H27Si.3CH3.Ti/c1-20-21(2)23(4)27(22(20)3)28(24-14-8-5-9-15-24,25-16-10-6-11-17-25)26-18-12-7-13-19-26;;;;/h5-19H,1-4H3;3*1H3;/q4*-1;+4. The molecule has 4 rings (SSSR count). The van der Waals surface area contributed by atoms with Gasteiger partial charge in [0.1, 0.15) is 8.07 Å². The summed E-state index contributed by atoms with van der Waals surface area (Å²) >= 11 is 0. The van der Waals surface area contributed by atoms with E-state index in [4.69, 9.17) is 0 Å². The van der Waals surface area contributed by atoms with Crippen LogP contribution in [0, 0.1) is 50.0 Å². The molecule has 0 saturated carbocycles. The van der Waals surface area contributed by atoms with Gasteiger partial charge in [0.05, 0.1) is 0 Å². The third-order valence-corrected chi connectivity index (χ3v) is 11.5. The maximum Gasteiger partial charge on any atom is 4.00 e. The fourth-order valence-corrected chi connectivity index (χ4v) is 10.2. The fourth-order valence-electron chi connectivity index (χ4n) is 4.78. The SMILES string of the molecule is Cc1c(C)c(C)[c-]([Si](c2ccccc2)(c2ccccc2)c2ccccc2)c1C.[CH3-].[CH3-].[CH3-].[Ti+4]. The van der Waals surface area contributed by atoms with Crippen molar-refractivity contribution in [1.29, 1.82) is 0 Å². The van der Waals surface area contributed by atoms with Gasteiger partial charge in [-0.25, -0.2) is 0 Å². The molecule has 0 N–H and O–H groups in total. The summed E-state index contributed by atoms with van der Waals surface area (Å²) in [6, 6.07) is 33.5. The molecule has 164 valence electrons. The van der Waals surface area contributed by atoms with Gasteiger partial charge in [0.25, 0.3) is 0 Å². The Kier molecular flexibility index (Phi) is 11.5. The Bertz CT molecular complexity index is 958. The predicted molar refractivity (Wildman–Crippen MR) is 144 cm³/mol. The van der Waals surface area contributed by atoms with Crippen molar-refractivity contribution in [1.82, 2.24) is 0 Å². The van der Waals surface area contributed by atoms with Crippen molar-refractivity contribution in [3.8, 4) is 0 Å². The van der Waals surface area contributed by atoms with Crippen LogP contribution in [0.25, 0.3) is 0 Å². The Hall–Kier alpha value is -2.06. The van der Waals surface area contributed by atoms with Gasteiger partial charge in [-0.05, 0) is 0 Å². The topological polar surface area (TPSA) is 0 Å². The Labute approximate surface area is 213 Å². The second kappa shape index (κ2) is 12.3. The van der Waals surface area contributed by atoms with E-state index in [2.05, 4.69) is 119 Å². The minimum absolute atomic E-state index is 0. The van der Waals surface area contributed by atoms with Gasteiger partial charge < -0.3 is 22.3 Å². The van der Waals surface area contributed by atoms with Gasteiger partial charge in [0, 0.05) is 0 Å². The third kappa shape index (κ3) is 4.66. The zero-order valence-electron chi connectivity index (χ0n) is 20.7. The van der Waals surface area contributed by atoms with E-state index >= 15 is 0 Å². The predicted octanol–water partition coefficient (Wildman–Crippen LogP) is 5.36. The normalized spacial score (nSPS) is 10.1. The smallest absolute Gasteiger partial charge is 0.358 e. The van der Waals surface area contributed by atoms with Gasteiger partial charge >= 0.3 is 21.7 Å². The average Bonchev–Trinajstić information content (AvgIpc) is 2.95. The van der Waals surface area contributed by atoms with Crippen molar-refractivity contribution in [3.05, 3.63) is 136 Å².